The Balaban J connectivity index is 1.46. The number of amides is 5. The summed E-state index contributed by atoms with van der Waals surface area (Å²) in [6.45, 7) is 1.69. The molecule has 11 heteroatoms. The summed E-state index contributed by atoms with van der Waals surface area (Å²) in [5.74, 6) is -5.98. The monoisotopic (exact) mass is 649 g/mol. The number of para-hydroxylation sites is 1. The van der Waals surface area contributed by atoms with Gasteiger partial charge in [-0.25, -0.2) is 4.79 Å². The Morgan fingerprint density at radius 1 is 0.917 bits per heavy atom. The Bertz CT molecular complexity index is 1840. The molecule has 3 fully saturated rings. The minimum absolute atomic E-state index is 0.00622. The molecule has 2 aliphatic heterocycles. The number of likely N-dealkylation sites (tertiary alicyclic amines) is 1. The number of imide groups is 4. The molecular weight excluding hydrogens is 614 g/mol. The molecule has 0 radical (unpaired) electrons. The van der Waals surface area contributed by atoms with Crippen LogP contribution in [0.2, 0.25) is 0 Å². The van der Waals surface area contributed by atoms with Gasteiger partial charge in [0, 0.05) is 11.5 Å². The maximum atomic E-state index is 15.2. The van der Waals surface area contributed by atoms with Crippen LogP contribution in [0.4, 0.5) is 10.5 Å². The third kappa shape index (κ3) is 4.56. The normalized spacial score (nSPS) is 27.6. The van der Waals surface area contributed by atoms with Crippen molar-refractivity contribution in [1.29, 1.82) is 0 Å². The van der Waals surface area contributed by atoms with E-state index < -0.39 is 64.7 Å². The quantitative estimate of drug-likeness (QED) is 0.286. The van der Waals surface area contributed by atoms with E-state index in [1.807, 2.05) is 67.6 Å². The number of aryl methyl sites for hydroxylation is 1. The molecule has 5 amide bonds. The molecule has 246 valence electrons. The second kappa shape index (κ2) is 12.1. The highest BCUT2D eigenvalue weighted by molar-refractivity contribution is 6.16. The van der Waals surface area contributed by atoms with Crippen molar-refractivity contribution < 1.29 is 38.6 Å². The van der Waals surface area contributed by atoms with E-state index in [1.54, 1.807) is 24.3 Å². The van der Waals surface area contributed by atoms with Gasteiger partial charge in [-0.2, -0.15) is 9.91 Å². The molecule has 2 saturated heterocycles. The molecule has 6 unspecified atom stereocenters. The van der Waals surface area contributed by atoms with Gasteiger partial charge in [-0.3, -0.25) is 24.6 Å². The zero-order chi connectivity index (χ0) is 33.7. The van der Waals surface area contributed by atoms with Crippen LogP contribution in [0.3, 0.4) is 0 Å². The number of fused-ring (bicyclic) bond motifs is 4. The highest BCUT2D eigenvalue weighted by Crippen LogP contribution is 2.64. The third-order valence-corrected chi connectivity index (χ3v) is 10.3. The molecule has 3 aromatic rings. The number of rotatable bonds is 7. The van der Waals surface area contributed by atoms with E-state index in [1.165, 1.54) is 0 Å². The van der Waals surface area contributed by atoms with Gasteiger partial charge in [0.1, 0.15) is 12.4 Å². The van der Waals surface area contributed by atoms with Crippen molar-refractivity contribution in [3.05, 3.63) is 107 Å². The van der Waals surface area contributed by atoms with Crippen LogP contribution in [0.5, 0.6) is 5.75 Å². The Labute approximate surface area is 277 Å². The Morgan fingerprint density at radius 3 is 2.33 bits per heavy atom. The van der Waals surface area contributed by atoms with Crippen molar-refractivity contribution in [2.45, 2.75) is 31.1 Å². The van der Waals surface area contributed by atoms with Gasteiger partial charge >= 0.3 is 6.09 Å². The number of ether oxygens (including phenoxy) is 2. The van der Waals surface area contributed by atoms with Crippen LogP contribution in [0.1, 0.15) is 35.4 Å². The van der Waals surface area contributed by atoms with Crippen LogP contribution >= 0.6 is 0 Å². The first kappa shape index (κ1) is 31.3. The number of anilines is 1. The zero-order valence-electron chi connectivity index (χ0n) is 26.5. The van der Waals surface area contributed by atoms with Gasteiger partial charge in [0.05, 0.1) is 42.6 Å². The van der Waals surface area contributed by atoms with Crippen LogP contribution < -0.4 is 10.2 Å². The van der Waals surface area contributed by atoms with Gasteiger partial charge in [-0.15, -0.1) is 0 Å². The standard InChI is InChI=1S/C37H35N3O8/c1-21-12-14-23(15-13-21)38-40-33(43)28-20-27-24(16-17-26-30(27)34(44)39(32(26)42)36(46)47-2)31(25-10-6-7-11-29(25)48-19-18-41)37(28,35(40)45)22-8-4-3-5-9-22/h3-16,26-28,30-31,38,41H,17-20H2,1-2H3. The third-order valence-electron chi connectivity index (χ3n) is 10.3. The van der Waals surface area contributed by atoms with Crippen molar-refractivity contribution in [1.82, 2.24) is 9.91 Å². The van der Waals surface area contributed by atoms with Gasteiger partial charge in [-0.05, 0) is 49.4 Å². The van der Waals surface area contributed by atoms with Crippen LogP contribution in [0.15, 0.2) is 90.5 Å². The second-order valence-corrected chi connectivity index (χ2v) is 12.7. The number of methoxy groups -OCH3 is 1. The number of aliphatic hydroxyl groups excluding tert-OH is 1. The first-order valence-corrected chi connectivity index (χ1v) is 16.0. The number of nitrogens with zero attached hydrogens (tertiary/aromatic N) is 2. The van der Waals surface area contributed by atoms with Gasteiger partial charge in [0.25, 0.3) is 11.8 Å². The van der Waals surface area contributed by atoms with Crippen LogP contribution in [0, 0.1) is 30.6 Å². The number of hydrazine groups is 1. The van der Waals surface area contributed by atoms with E-state index in [-0.39, 0.29) is 26.1 Å². The van der Waals surface area contributed by atoms with E-state index in [0.29, 0.717) is 27.5 Å². The fourth-order valence-corrected chi connectivity index (χ4v) is 8.37. The average Bonchev–Trinajstić information content (AvgIpc) is 3.49. The summed E-state index contributed by atoms with van der Waals surface area (Å²) in [5, 5.41) is 10.7. The summed E-state index contributed by atoms with van der Waals surface area (Å²) >= 11 is 0. The topological polar surface area (TPSA) is 143 Å². The fraction of sp³-hybridized carbons (Fsp3) is 0.324. The van der Waals surface area contributed by atoms with E-state index in [9.17, 15) is 24.3 Å². The molecule has 0 bridgehead atoms. The predicted octanol–water partition coefficient (Wildman–Crippen LogP) is 4.12. The maximum Gasteiger partial charge on any atom is 0.423 e. The van der Waals surface area contributed by atoms with Gasteiger partial charge in [-0.1, -0.05) is 77.9 Å². The number of allylic oxidation sites excluding steroid dienone is 2. The Morgan fingerprint density at radius 2 is 1.62 bits per heavy atom. The Kier molecular flexibility index (Phi) is 7.87. The lowest BCUT2D eigenvalue weighted by molar-refractivity contribution is -0.140. The van der Waals surface area contributed by atoms with E-state index in [4.69, 9.17) is 9.47 Å². The van der Waals surface area contributed by atoms with Crippen molar-refractivity contribution in [3.63, 3.8) is 0 Å². The lowest BCUT2D eigenvalue weighted by Gasteiger charge is -2.50. The van der Waals surface area contributed by atoms with E-state index in [2.05, 4.69) is 5.43 Å². The first-order valence-electron chi connectivity index (χ1n) is 16.0. The molecule has 2 heterocycles. The second-order valence-electron chi connectivity index (χ2n) is 12.7. The number of carbonyl (C=O) groups excluding carboxylic acids is 5. The molecule has 2 aliphatic carbocycles. The van der Waals surface area contributed by atoms with E-state index in [0.717, 1.165) is 23.3 Å². The molecule has 2 N–H and O–H groups in total. The highest BCUT2D eigenvalue weighted by atomic mass is 16.5. The molecule has 48 heavy (non-hydrogen) atoms. The molecular formula is C37H35N3O8. The lowest BCUT2D eigenvalue weighted by atomic mass is 9.49. The van der Waals surface area contributed by atoms with Crippen LogP contribution in [-0.4, -0.2) is 65.1 Å². The van der Waals surface area contributed by atoms with Gasteiger partial charge in [0.15, 0.2) is 0 Å². The number of aliphatic hydroxyl groups is 1. The SMILES string of the molecule is COC(=O)N1C(=O)C2CC=C3C(CC4C(=O)N(Nc5ccc(C)cc5)C(=O)C4(c4ccccc4)C3c3ccccc3OCCO)C2C1=O. The van der Waals surface area contributed by atoms with Gasteiger partial charge in [0.2, 0.25) is 11.8 Å². The van der Waals surface area contributed by atoms with Crippen molar-refractivity contribution >= 4 is 35.4 Å². The van der Waals surface area contributed by atoms with E-state index >= 15 is 4.79 Å². The minimum Gasteiger partial charge on any atom is -0.491 e. The predicted molar refractivity (Wildman–Crippen MR) is 172 cm³/mol. The maximum absolute atomic E-state index is 15.2. The van der Waals surface area contributed by atoms with Crippen molar-refractivity contribution in [2.24, 2.45) is 23.7 Å². The summed E-state index contributed by atoms with van der Waals surface area (Å²) in [4.78, 5) is 70.4. The summed E-state index contributed by atoms with van der Waals surface area (Å²) in [5.41, 5.74) is 5.11. The van der Waals surface area contributed by atoms with Crippen molar-refractivity contribution in [3.8, 4) is 5.75 Å². The molecule has 11 nitrogen and oxygen atoms in total. The fourth-order valence-electron chi connectivity index (χ4n) is 8.37. The smallest absolute Gasteiger partial charge is 0.423 e. The zero-order valence-corrected chi connectivity index (χ0v) is 26.5. The van der Waals surface area contributed by atoms with Crippen LogP contribution in [-0.2, 0) is 29.3 Å². The number of benzene rings is 3. The highest BCUT2D eigenvalue weighted by Gasteiger charge is 2.71. The lowest BCUT2D eigenvalue weighted by Crippen LogP contribution is -2.53. The molecule has 4 aliphatic rings. The molecule has 1 saturated carbocycles. The first-order chi connectivity index (χ1) is 23.2. The number of nitrogens with one attached hydrogen (secondary N) is 1. The number of hydrogen-bond acceptors (Lipinski definition) is 9. The summed E-state index contributed by atoms with van der Waals surface area (Å²) in [6, 6.07) is 23.7. The van der Waals surface area contributed by atoms with Gasteiger partial charge < -0.3 is 14.6 Å². The Hall–Kier alpha value is -5.29. The minimum atomic E-state index is -1.47. The van der Waals surface area contributed by atoms with Crippen LogP contribution in [0.25, 0.3) is 0 Å². The largest absolute Gasteiger partial charge is 0.491 e. The summed E-state index contributed by atoms with van der Waals surface area (Å²) in [6.07, 6.45) is 1.10. The molecule has 3 aromatic carbocycles. The average molecular weight is 650 g/mol. The summed E-state index contributed by atoms with van der Waals surface area (Å²) < 4.78 is 10.8. The number of carbonyl (C=O) groups is 5. The molecule has 0 spiro atoms. The number of hydrogen-bond donors (Lipinski definition) is 2. The molecule has 6 atom stereocenters. The molecule has 7 rings (SSSR count). The molecule has 0 aromatic heterocycles. The summed E-state index contributed by atoms with van der Waals surface area (Å²) in [7, 11) is 1.11. The van der Waals surface area contributed by atoms with Crippen molar-refractivity contribution in [2.75, 3.05) is 25.7 Å².